The summed E-state index contributed by atoms with van der Waals surface area (Å²) in [6, 6.07) is 8.69. The average molecular weight is 302 g/mol. The minimum absolute atomic E-state index is 0.420. The van der Waals surface area contributed by atoms with Crippen LogP contribution < -0.4 is 0 Å². The molecule has 0 aliphatic heterocycles. The number of halogens is 1. The summed E-state index contributed by atoms with van der Waals surface area (Å²) in [5, 5.41) is 1.17. The van der Waals surface area contributed by atoms with Gasteiger partial charge in [-0.25, -0.2) is 4.98 Å². The fraction of sp³-hybridized carbons (Fsp3) is 0.412. The van der Waals surface area contributed by atoms with E-state index >= 15 is 0 Å². The number of nitrogens with zero attached hydrogens (tertiary/aromatic N) is 3. The first-order valence-corrected chi connectivity index (χ1v) is 8.10. The van der Waals surface area contributed by atoms with Crippen molar-refractivity contribution in [1.82, 2.24) is 14.5 Å². The van der Waals surface area contributed by atoms with E-state index in [4.69, 9.17) is 16.6 Å². The molecular formula is C17H20ClN3. The van der Waals surface area contributed by atoms with Gasteiger partial charge in [-0.15, -0.1) is 11.6 Å². The molecule has 0 saturated carbocycles. The first kappa shape index (κ1) is 14.3. The molecule has 110 valence electrons. The number of hydrogen-bond acceptors (Lipinski definition) is 2. The standard InChI is InChI=1S/C17H20ClN3/c1-3-6-12(2)21-16(9-10-18)20-15-11-19-14-8-5-4-7-13(14)17(15)21/h4-5,7-8,11-12H,3,6,9-10H2,1-2H3. The van der Waals surface area contributed by atoms with Crippen molar-refractivity contribution in [1.29, 1.82) is 0 Å². The number of aryl methyl sites for hydroxylation is 1. The molecule has 1 aromatic carbocycles. The van der Waals surface area contributed by atoms with Crippen LogP contribution in [0, 0.1) is 0 Å². The van der Waals surface area contributed by atoms with Gasteiger partial charge < -0.3 is 4.57 Å². The van der Waals surface area contributed by atoms with Gasteiger partial charge in [-0.1, -0.05) is 31.5 Å². The van der Waals surface area contributed by atoms with Gasteiger partial charge >= 0.3 is 0 Å². The summed E-state index contributed by atoms with van der Waals surface area (Å²) in [6.07, 6.45) is 4.96. The van der Waals surface area contributed by atoms with E-state index in [2.05, 4.69) is 41.6 Å². The van der Waals surface area contributed by atoms with E-state index in [1.165, 1.54) is 10.9 Å². The number of para-hydroxylation sites is 1. The zero-order valence-corrected chi connectivity index (χ0v) is 13.3. The average Bonchev–Trinajstić information content (AvgIpc) is 2.86. The van der Waals surface area contributed by atoms with E-state index in [0.717, 1.165) is 36.1 Å². The maximum atomic E-state index is 5.97. The molecule has 0 bridgehead atoms. The molecule has 0 fully saturated rings. The lowest BCUT2D eigenvalue weighted by atomic mass is 10.1. The highest BCUT2D eigenvalue weighted by atomic mass is 35.5. The molecule has 0 spiro atoms. The van der Waals surface area contributed by atoms with Crippen LogP contribution >= 0.6 is 11.6 Å². The minimum Gasteiger partial charge on any atom is -0.325 e. The molecule has 2 aromatic heterocycles. The third-order valence-corrected chi connectivity index (χ3v) is 4.15. The molecule has 0 N–H and O–H groups in total. The Morgan fingerprint density at radius 2 is 2.05 bits per heavy atom. The van der Waals surface area contributed by atoms with E-state index in [1.807, 2.05) is 12.3 Å². The van der Waals surface area contributed by atoms with Gasteiger partial charge in [0.1, 0.15) is 11.3 Å². The normalized spacial score (nSPS) is 13.1. The second-order valence-electron chi connectivity index (χ2n) is 5.48. The lowest BCUT2D eigenvalue weighted by molar-refractivity contribution is 0.497. The molecular weight excluding hydrogens is 282 g/mol. The van der Waals surface area contributed by atoms with Crippen molar-refractivity contribution in [2.75, 3.05) is 5.88 Å². The summed E-state index contributed by atoms with van der Waals surface area (Å²) in [5.41, 5.74) is 3.19. The van der Waals surface area contributed by atoms with Crippen LogP contribution in [0.1, 0.15) is 38.6 Å². The monoisotopic (exact) mass is 301 g/mol. The molecule has 3 aromatic rings. The van der Waals surface area contributed by atoms with Crippen molar-refractivity contribution >= 4 is 33.5 Å². The summed E-state index contributed by atoms with van der Waals surface area (Å²) in [7, 11) is 0. The highest BCUT2D eigenvalue weighted by Gasteiger charge is 2.17. The predicted octanol–water partition coefficient (Wildman–Crippen LogP) is 4.73. The Labute approximate surface area is 130 Å². The first-order valence-electron chi connectivity index (χ1n) is 7.56. The van der Waals surface area contributed by atoms with E-state index in [1.54, 1.807) is 0 Å². The number of alkyl halides is 1. The summed E-state index contributed by atoms with van der Waals surface area (Å²) in [5.74, 6) is 1.66. The number of rotatable bonds is 5. The molecule has 3 nitrogen and oxygen atoms in total. The fourth-order valence-corrected chi connectivity index (χ4v) is 3.22. The number of imidazole rings is 1. The van der Waals surface area contributed by atoms with Crippen molar-refractivity contribution in [2.24, 2.45) is 0 Å². The number of pyridine rings is 1. The summed E-state index contributed by atoms with van der Waals surface area (Å²) >= 11 is 5.97. The zero-order valence-electron chi connectivity index (χ0n) is 12.5. The Bertz CT molecular complexity index is 763. The lowest BCUT2D eigenvalue weighted by Crippen LogP contribution is -2.10. The molecule has 0 amide bonds. The van der Waals surface area contributed by atoms with E-state index in [0.29, 0.717) is 11.9 Å². The van der Waals surface area contributed by atoms with Gasteiger partial charge in [0, 0.05) is 23.7 Å². The Hall–Kier alpha value is -1.61. The maximum absolute atomic E-state index is 5.97. The minimum atomic E-state index is 0.420. The zero-order chi connectivity index (χ0) is 14.8. The quantitative estimate of drug-likeness (QED) is 0.638. The van der Waals surface area contributed by atoms with Gasteiger partial charge in [0.15, 0.2) is 0 Å². The highest BCUT2D eigenvalue weighted by molar-refractivity contribution is 6.18. The number of benzene rings is 1. The number of aromatic nitrogens is 3. The first-order chi connectivity index (χ1) is 10.3. The third-order valence-electron chi connectivity index (χ3n) is 3.96. The summed E-state index contributed by atoms with van der Waals surface area (Å²) in [4.78, 5) is 9.29. The Morgan fingerprint density at radius 3 is 2.81 bits per heavy atom. The molecule has 2 heterocycles. The second kappa shape index (κ2) is 6.02. The third kappa shape index (κ3) is 2.51. The van der Waals surface area contributed by atoms with Crippen LogP contribution in [0.5, 0.6) is 0 Å². The number of hydrogen-bond donors (Lipinski definition) is 0. The van der Waals surface area contributed by atoms with Gasteiger partial charge in [0.2, 0.25) is 0 Å². The van der Waals surface area contributed by atoms with Gasteiger partial charge in [-0.3, -0.25) is 4.98 Å². The van der Waals surface area contributed by atoms with Crippen molar-refractivity contribution in [3.05, 3.63) is 36.3 Å². The Balaban J connectivity index is 2.32. The second-order valence-corrected chi connectivity index (χ2v) is 5.86. The Morgan fingerprint density at radius 1 is 1.24 bits per heavy atom. The molecule has 21 heavy (non-hydrogen) atoms. The van der Waals surface area contributed by atoms with Gasteiger partial charge in [-0.05, 0) is 19.4 Å². The van der Waals surface area contributed by atoms with Crippen molar-refractivity contribution in [3.63, 3.8) is 0 Å². The molecule has 1 atom stereocenters. The highest BCUT2D eigenvalue weighted by Crippen LogP contribution is 2.29. The van der Waals surface area contributed by atoms with Crippen molar-refractivity contribution in [2.45, 2.75) is 39.2 Å². The van der Waals surface area contributed by atoms with Crippen LogP contribution in [-0.2, 0) is 6.42 Å². The smallest absolute Gasteiger partial charge is 0.111 e. The van der Waals surface area contributed by atoms with Gasteiger partial charge in [0.05, 0.1) is 17.2 Å². The molecule has 0 radical (unpaired) electrons. The molecule has 4 heteroatoms. The van der Waals surface area contributed by atoms with Crippen LogP contribution in [0.25, 0.3) is 21.9 Å². The van der Waals surface area contributed by atoms with Crippen molar-refractivity contribution < 1.29 is 0 Å². The van der Waals surface area contributed by atoms with Gasteiger partial charge in [-0.2, -0.15) is 0 Å². The van der Waals surface area contributed by atoms with Gasteiger partial charge in [0.25, 0.3) is 0 Å². The fourth-order valence-electron chi connectivity index (χ4n) is 3.06. The predicted molar refractivity (Wildman–Crippen MR) is 89.1 cm³/mol. The van der Waals surface area contributed by atoms with Crippen LogP contribution in [0.2, 0.25) is 0 Å². The van der Waals surface area contributed by atoms with E-state index in [9.17, 15) is 0 Å². The van der Waals surface area contributed by atoms with Crippen molar-refractivity contribution in [3.8, 4) is 0 Å². The molecule has 0 aliphatic carbocycles. The molecule has 3 rings (SSSR count). The summed E-state index contributed by atoms with van der Waals surface area (Å²) in [6.45, 7) is 4.48. The maximum Gasteiger partial charge on any atom is 0.111 e. The SMILES string of the molecule is CCCC(C)n1c(CCCl)nc2cnc3ccccc3c21. The topological polar surface area (TPSA) is 30.7 Å². The van der Waals surface area contributed by atoms with E-state index < -0.39 is 0 Å². The molecule has 0 aliphatic rings. The van der Waals surface area contributed by atoms with E-state index in [-0.39, 0.29) is 0 Å². The lowest BCUT2D eigenvalue weighted by Gasteiger charge is -2.17. The largest absolute Gasteiger partial charge is 0.325 e. The number of fused-ring (bicyclic) bond motifs is 3. The molecule has 1 unspecified atom stereocenters. The van der Waals surface area contributed by atoms with Crippen LogP contribution in [0.15, 0.2) is 30.5 Å². The van der Waals surface area contributed by atoms with Crippen LogP contribution in [-0.4, -0.2) is 20.4 Å². The summed E-state index contributed by atoms with van der Waals surface area (Å²) < 4.78 is 2.37. The van der Waals surface area contributed by atoms with Crippen LogP contribution in [0.3, 0.4) is 0 Å². The molecule has 0 saturated heterocycles. The Kier molecular flexibility index (Phi) is 4.11. The van der Waals surface area contributed by atoms with Crippen LogP contribution in [0.4, 0.5) is 0 Å².